The zero-order valence-corrected chi connectivity index (χ0v) is 13.9. The Bertz CT molecular complexity index is 483. The number of alkyl halides is 2. The van der Waals surface area contributed by atoms with E-state index in [1.54, 1.807) is 0 Å². The molecule has 3 N–H and O–H groups in total. The summed E-state index contributed by atoms with van der Waals surface area (Å²) >= 11 is 0. The number of benzene rings is 1. The van der Waals surface area contributed by atoms with Gasteiger partial charge in [0, 0.05) is 25.5 Å². The third kappa shape index (κ3) is 7.29. The van der Waals surface area contributed by atoms with Crippen LogP contribution in [0.5, 0.6) is 0 Å². The molecule has 24 heavy (non-hydrogen) atoms. The Hall–Kier alpha value is -1.64. The molecular weight excluding hydrogens is 327 g/mol. The molecule has 0 aliphatic carbocycles. The molecule has 0 spiro atoms. The predicted molar refractivity (Wildman–Crippen MR) is 84.6 cm³/mol. The van der Waals surface area contributed by atoms with Crippen LogP contribution in [-0.4, -0.2) is 53.2 Å². The second-order valence-corrected chi connectivity index (χ2v) is 4.54. The number of rotatable bonds is 4. The van der Waals surface area contributed by atoms with Crippen molar-refractivity contribution >= 4 is 5.90 Å². The quantitative estimate of drug-likeness (QED) is 0.778. The highest BCUT2D eigenvalue weighted by Crippen LogP contribution is 2.21. The van der Waals surface area contributed by atoms with Crippen molar-refractivity contribution in [2.75, 3.05) is 7.11 Å². The highest BCUT2D eigenvalue weighted by Gasteiger charge is 2.28. The van der Waals surface area contributed by atoms with Crippen molar-refractivity contribution in [1.29, 1.82) is 0 Å². The smallest absolute Gasteiger partial charge is 0.264 e. The van der Waals surface area contributed by atoms with Gasteiger partial charge in [-0.3, -0.25) is 0 Å². The SMILES string of the molecule is CC.CO.OC1CC(CC(O)C(F)F)N=C(c2ccc(F)cc2)O1. The molecule has 1 aliphatic heterocycles. The average Bonchev–Trinajstić information content (AvgIpc) is 2.58. The van der Waals surface area contributed by atoms with Gasteiger partial charge in [-0.15, -0.1) is 0 Å². The molecule has 3 unspecified atom stereocenters. The molecule has 8 heteroatoms. The van der Waals surface area contributed by atoms with Crippen molar-refractivity contribution in [3.05, 3.63) is 35.6 Å². The van der Waals surface area contributed by atoms with Gasteiger partial charge in [0.25, 0.3) is 6.43 Å². The number of aliphatic hydroxyl groups excluding tert-OH is 3. The zero-order valence-electron chi connectivity index (χ0n) is 13.9. The van der Waals surface area contributed by atoms with Gasteiger partial charge < -0.3 is 20.1 Å². The van der Waals surface area contributed by atoms with E-state index < -0.39 is 30.7 Å². The molecule has 138 valence electrons. The van der Waals surface area contributed by atoms with E-state index in [0.29, 0.717) is 5.56 Å². The number of ether oxygens (including phenoxy) is 1. The lowest BCUT2D eigenvalue weighted by Gasteiger charge is -2.26. The van der Waals surface area contributed by atoms with Crippen LogP contribution in [0.1, 0.15) is 32.3 Å². The second kappa shape index (κ2) is 11.8. The van der Waals surface area contributed by atoms with Gasteiger partial charge in [-0.1, -0.05) is 13.8 Å². The molecule has 1 heterocycles. The van der Waals surface area contributed by atoms with Crippen LogP contribution in [0.25, 0.3) is 0 Å². The summed E-state index contributed by atoms with van der Waals surface area (Å²) in [5, 5.41) is 25.7. The minimum absolute atomic E-state index is 0.0223. The van der Waals surface area contributed by atoms with E-state index >= 15 is 0 Å². The summed E-state index contributed by atoms with van der Waals surface area (Å²) in [6, 6.07) is 4.54. The molecule has 0 aromatic heterocycles. The Kier molecular flexibility index (Phi) is 11.0. The van der Waals surface area contributed by atoms with Gasteiger partial charge in [0.2, 0.25) is 12.2 Å². The molecule has 0 bridgehead atoms. The molecule has 5 nitrogen and oxygen atoms in total. The summed E-state index contributed by atoms with van der Waals surface area (Å²) in [6.45, 7) is 4.00. The number of aliphatic imine (C=N–C) groups is 1. The van der Waals surface area contributed by atoms with E-state index in [0.717, 1.165) is 7.11 Å². The van der Waals surface area contributed by atoms with Gasteiger partial charge in [-0.2, -0.15) is 0 Å². The van der Waals surface area contributed by atoms with Crippen LogP contribution in [0, 0.1) is 5.82 Å². The molecule has 1 aromatic carbocycles. The number of nitrogens with zero attached hydrogens (tertiary/aromatic N) is 1. The van der Waals surface area contributed by atoms with Crippen LogP contribution in [0.3, 0.4) is 0 Å². The lowest BCUT2D eigenvalue weighted by atomic mass is 10.0. The van der Waals surface area contributed by atoms with E-state index in [-0.39, 0.29) is 18.7 Å². The topological polar surface area (TPSA) is 82.3 Å². The summed E-state index contributed by atoms with van der Waals surface area (Å²) in [5.41, 5.74) is 0.432. The Morgan fingerprint density at radius 1 is 1.21 bits per heavy atom. The Balaban J connectivity index is 0.00000123. The van der Waals surface area contributed by atoms with Crippen LogP contribution in [-0.2, 0) is 4.74 Å². The van der Waals surface area contributed by atoms with Crippen LogP contribution in [0.2, 0.25) is 0 Å². The van der Waals surface area contributed by atoms with Gasteiger partial charge >= 0.3 is 0 Å². The maximum absolute atomic E-state index is 12.8. The van der Waals surface area contributed by atoms with E-state index in [9.17, 15) is 18.3 Å². The molecule has 1 aliphatic rings. The van der Waals surface area contributed by atoms with Gasteiger partial charge in [0.15, 0.2) is 0 Å². The fourth-order valence-corrected chi connectivity index (χ4v) is 1.92. The monoisotopic (exact) mass is 351 g/mol. The number of hydrogen-bond donors (Lipinski definition) is 3. The zero-order chi connectivity index (χ0) is 18.7. The number of hydrogen-bond acceptors (Lipinski definition) is 5. The maximum atomic E-state index is 12.8. The largest absolute Gasteiger partial charge is 0.448 e. The molecule has 0 saturated carbocycles. The first-order chi connectivity index (χ1) is 11.5. The van der Waals surface area contributed by atoms with Crippen LogP contribution >= 0.6 is 0 Å². The maximum Gasteiger partial charge on any atom is 0.264 e. The lowest BCUT2D eigenvalue weighted by molar-refractivity contribution is -0.0578. The van der Waals surface area contributed by atoms with Gasteiger partial charge in [0.05, 0.1) is 6.04 Å². The summed E-state index contributed by atoms with van der Waals surface area (Å²) in [6.07, 6.45) is -6.11. The van der Waals surface area contributed by atoms with Crippen molar-refractivity contribution in [2.45, 2.75) is 51.6 Å². The molecule has 0 saturated heterocycles. The number of halogens is 3. The fraction of sp³-hybridized carbons (Fsp3) is 0.562. The van der Waals surface area contributed by atoms with Crippen LogP contribution in [0.4, 0.5) is 13.2 Å². The molecule has 0 fully saturated rings. The van der Waals surface area contributed by atoms with Gasteiger partial charge in [-0.25, -0.2) is 18.2 Å². The van der Waals surface area contributed by atoms with Crippen LogP contribution in [0.15, 0.2) is 29.3 Å². The second-order valence-electron chi connectivity index (χ2n) is 4.54. The highest BCUT2D eigenvalue weighted by molar-refractivity contribution is 5.94. The molecule has 2 rings (SSSR count). The average molecular weight is 351 g/mol. The van der Waals surface area contributed by atoms with Crippen molar-refractivity contribution < 1.29 is 33.2 Å². The van der Waals surface area contributed by atoms with Gasteiger partial charge in [-0.05, 0) is 24.3 Å². The summed E-state index contributed by atoms with van der Waals surface area (Å²) in [4.78, 5) is 4.07. The molecular formula is C16H24F3NO4. The normalized spacial score (nSPS) is 20.7. The minimum Gasteiger partial charge on any atom is -0.448 e. The fourth-order valence-electron chi connectivity index (χ4n) is 1.92. The van der Waals surface area contributed by atoms with E-state index in [2.05, 4.69) is 4.99 Å². The van der Waals surface area contributed by atoms with E-state index in [1.165, 1.54) is 24.3 Å². The molecule has 3 atom stereocenters. The van der Waals surface area contributed by atoms with E-state index in [1.807, 2.05) is 13.8 Å². The first kappa shape index (κ1) is 22.4. The number of aliphatic hydroxyl groups is 3. The Labute approximate surface area is 139 Å². The Morgan fingerprint density at radius 2 is 1.75 bits per heavy atom. The lowest BCUT2D eigenvalue weighted by Crippen LogP contribution is -2.33. The van der Waals surface area contributed by atoms with Crippen molar-refractivity contribution in [3.63, 3.8) is 0 Å². The third-order valence-electron chi connectivity index (χ3n) is 2.92. The Morgan fingerprint density at radius 3 is 2.25 bits per heavy atom. The molecule has 0 amide bonds. The minimum atomic E-state index is -2.86. The third-order valence-corrected chi connectivity index (χ3v) is 2.92. The van der Waals surface area contributed by atoms with Crippen molar-refractivity contribution in [2.24, 2.45) is 4.99 Å². The first-order valence-corrected chi connectivity index (χ1v) is 7.55. The summed E-state index contributed by atoms with van der Waals surface area (Å²) < 4.78 is 42.5. The van der Waals surface area contributed by atoms with E-state index in [4.69, 9.17) is 14.9 Å². The standard InChI is InChI=1S/C13H14F3NO3.C2H6.CH4O/c14-8-3-1-7(2-4-8)13-17-9(6-11(19)20-13)5-10(18)12(15)16;2*1-2/h1-4,9-12,18-19H,5-6H2;1-2H3;2H,1H3. The van der Waals surface area contributed by atoms with Crippen LogP contribution < -0.4 is 0 Å². The molecule has 1 aromatic rings. The van der Waals surface area contributed by atoms with Crippen molar-refractivity contribution in [3.8, 4) is 0 Å². The predicted octanol–water partition coefficient (Wildman–Crippen LogP) is 2.33. The van der Waals surface area contributed by atoms with Crippen molar-refractivity contribution in [1.82, 2.24) is 0 Å². The first-order valence-electron chi connectivity index (χ1n) is 7.55. The molecule has 0 radical (unpaired) electrons. The van der Waals surface area contributed by atoms with Gasteiger partial charge in [0.1, 0.15) is 11.9 Å². The highest BCUT2D eigenvalue weighted by atomic mass is 19.3. The summed E-state index contributed by atoms with van der Waals surface area (Å²) in [7, 11) is 1.00. The summed E-state index contributed by atoms with van der Waals surface area (Å²) in [5.74, 6) is -0.384.